The lowest BCUT2D eigenvalue weighted by molar-refractivity contribution is 0.851. The third-order valence-corrected chi connectivity index (χ3v) is 12.6. The summed E-state index contributed by atoms with van der Waals surface area (Å²) in [5.41, 5.74) is 18.1. The van der Waals surface area contributed by atoms with Crippen LogP contribution in [0.1, 0.15) is 25.7 Å². The van der Waals surface area contributed by atoms with Crippen molar-refractivity contribution in [1.29, 1.82) is 0 Å². The van der Waals surface area contributed by atoms with Crippen LogP contribution in [-0.2, 0) is 0 Å². The zero-order chi connectivity index (χ0) is 42.0. The molecule has 0 atom stereocenters. The van der Waals surface area contributed by atoms with E-state index in [1.807, 2.05) is 0 Å². The van der Waals surface area contributed by atoms with Crippen LogP contribution in [0.2, 0.25) is 0 Å². The van der Waals surface area contributed by atoms with Crippen LogP contribution < -0.4 is 9.80 Å². The Hall–Kier alpha value is -7.88. The number of benzene rings is 8. The number of nitrogens with zero attached hydrogens (tertiary/aromatic N) is 3. The van der Waals surface area contributed by atoms with Gasteiger partial charge in [-0.15, -0.1) is 0 Å². The lowest BCUT2D eigenvalue weighted by Crippen LogP contribution is -2.18. The third-order valence-electron chi connectivity index (χ3n) is 12.6. The van der Waals surface area contributed by atoms with Gasteiger partial charge in [0, 0.05) is 50.6 Å². The zero-order valence-corrected chi connectivity index (χ0v) is 35.2. The molecule has 1 aromatic heterocycles. The summed E-state index contributed by atoms with van der Waals surface area (Å²) in [5.74, 6) is 0. The minimum atomic E-state index is 0.982. The van der Waals surface area contributed by atoms with Crippen molar-refractivity contribution in [3.05, 3.63) is 253 Å². The fraction of sp³-hybridized carbons (Fsp3) is 0.0667. The van der Waals surface area contributed by atoms with Crippen LogP contribution in [0, 0.1) is 0 Å². The highest BCUT2D eigenvalue weighted by molar-refractivity contribution is 6.10. The van der Waals surface area contributed by atoms with Gasteiger partial charge in [0.05, 0.1) is 11.0 Å². The number of anilines is 5. The molecule has 3 nitrogen and oxygen atoms in total. The van der Waals surface area contributed by atoms with Crippen molar-refractivity contribution in [3.63, 3.8) is 0 Å². The molecule has 0 radical (unpaired) electrons. The summed E-state index contributed by atoms with van der Waals surface area (Å²) in [6.07, 6.45) is 15.7. The molecule has 0 aliphatic heterocycles. The Bertz CT molecular complexity index is 3210. The summed E-state index contributed by atoms with van der Waals surface area (Å²) in [5, 5.41) is 2.47. The van der Waals surface area contributed by atoms with Crippen molar-refractivity contribution in [3.8, 4) is 27.9 Å². The molecule has 0 bridgehead atoms. The molecule has 11 rings (SSSR count). The van der Waals surface area contributed by atoms with E-state index < -0.39 is 0 Å². The molecule has 9 aromatic rings. The fourth-order valence-electron chi connectivity index (χ4n) is 9.49. The molecule has 0 saturated carbocycles. The highest BCUT2D eigenvalue weighted by Crippen LogP contribution is 2.42. The number of aromatic nitrogens is 1. The van der Waals surface area contributed by atoms with Crippen LogP contribution in [0.15, 0.2) is 253 Å². The van der Waals surface area contributed by atoms with E-state index in [-0.39, 0.29) is 0 Å². The minimum absolute atomic E-state index is 0.982. The maximum absolute atomic E-state index is 2.44. The SMILES string of the molecule is C1=CCCC(C2=CC=C(N(c3ccccc3)c3cccc(-c4cccc(N(c5ccccc5)c5ccc6c7ccccc7n(-c7ccc(-c8ccccc8)cc7)c6c5)c4)c3)CC2)=C1. The van der Waals surface area contributed by atoms with E-state index in [2.05, 4.69) is 251 Å². The van der Waals surface area contributed by atoms with Crippen molar-refractivity contribution in [2.75, 3.05) is 9.80 Å². The molecule has 0 spiro atoms. The average Bonchev–Trinajstić information content (AvgIpc) is 3.69. The predicted molar refractivity (Wildman–Crippen MR) is 267 cm³/mol. The van der Waals surface area contributed by atoms with Crippen LogP contribution in [0.25, 0.3) is 49.7 Å². The van der Waals surface area contributed by atoms with Crippen LogP contribution in [0.3, 0.4) is 0 Å². The average molecular weight is 810 g/mol. The van der Waals surface area contributed by atoms with Crippen LogP contribution >= 0.6 is 0 Å². The van der Waals surface area contributed by atoms with E-state index in [0.29, 0.717) is 0 Å². The molecule has 2 aliphatic carbocycles. The number of fused-ring (bicyclic) bond motifs is 3. The molecule has 8 aromatic carbocycles. The smallest absolute Gasteiger partial charge is 0.0561 e. The van der Waals surface area contributed by atoms with Crippen molar-refractivity contribution in [2.45, 2.75) is 25.7 Å². The second kappa shape index (κ2) is 16.9. The first kappa shape index (κ1) is 38.1. The topological polar surface area (TPSA) is 11.4 Å². The van der Waals surface area contributed by atoms with Crippen LogP contribution in [0.4, 0.5) is 28.4 Å². The van der Waals surface area contributed by atoms with Gasteiger partial charge in [-0.3, -0.25) is 0 Å². The number of para-hydroxylation sites is 3. The van der Waals surface area contributed by atoms with E-state index >= 15 is 0 Å². The largest absolute Gasteiger partial charge is 0.314 e. The van der Waals surface area contributed by atoms with Crippen molar-refractivity contribution in [1.82, 2.24) is 4.57 Å². The van der Waals surface area contributed by atoms with Gasteiger partial charge in [-0.05, 0) is 144 Å². The van der Waals surface area contributed by atoms with Gasteiger partial charge in [-0.25, -0.2) is 0 Å². The minimum Gasteiger partial charge on any atom is -0.314 e. The second-order valence-electron chi connectivity index (χ2n) is 16.4. The number of hydrogen-bond acceptors (Lipinski definition) is 2. The van der Waals surface area contributed by atoms with Gasteiger partial charge in [0.1, 0.15) is 0 Å². The first-order valence-electron chi connectivity index (χ1n) is 22.1. The van der Waals surface area contributed by atoms with E-state index in [0.717, 1.165) is 59.7 Å². The highest BCUT2D eigenvalue weighted by Gasteiger charge is 2.21. The molecule has 63 heavy (non-hydrogen) atoms. The van der Waals surface area contributed by atoms with Crippen LogP contribution in [0.5, 0.6) is 0 Å². The van der Waals surface area contributed by atoms with Crippen molar-refractivity contribution >= 4 is 50.2 Å². The van der Waals surface area contributed by atoms with Gasteiger partial charge in [0.15, 0.2) is 0 Å². The first-order valence-corrected chi connectivity index (χ1v) is 22.1. The summed E-state index contributed by atoms with van der Waals surface area (Å²) in [7, 11) is 0. The van der Waals surface area contributed by atoms with Gasteiger partial charge < -0.3 is 14.4 Å². The van der Waals surface area contributed by atoms with Crippen molar-refractivity contribution in [2.24, 2.45) is 0 Å². The quantitative estimate of drug-likeness (QED) is 0.136. The van der Waals surface area contributed by atoms with E-state index in [1.165, 1.54) is 61.0 Å². The highest BCUT2D eigenvalue weighted by atomic mass is 15.2. The number of allylic oxidation sites excluding steroid dienone is 8. The van der Waals surface area contributed by atoms with Gasteiger partial charge in [0.25, 0.3) is 0 Å². The summed E-state index contributed by atoms with van der Waals surface area (Å²) in [6, 6.07) is 74.8. The van der Waals surface area contributed by atoms with Crippen LogP contribution in [-0.4, -0.2) is 4.57 Å². The number of hydrogen-bond donors (Lipinski definition) is 0. The Morgan fingerprint density at radius 1 is 0.349 bits per heavy atom. The molecule has 0 N–H and O–H groups in total. The maximum Gasteiger partial charge on any atom is 0.0561 e. The summed E-state index contributed by atoms with van der Waals surface area (Å²) < 4.78 is 2.41. The summed E-state index contributed by atoms with van der Waals surface area (Å²) in [4.78, 5) is 4.83. The van der Waals surface area contributed by atoms with Gasteiger partial charge in [-0.2, -0.15) is 0 Å². The Kier molecular flexibility index (Phi) is 10.2. The molecule has 1 heterocycles. The molecule has 0 unspecified atom stereocenters. The van der Waals surface area contributed by atoms with Gasteiger partial charge in [-0.1, -0.05) is 152 Å². The van der Waals surface area contributed by atoms with Crippen molar-refractivity contribution < 1.29 is 0 Å². The summed E-state index contributed by atoms with van der Waals surface area (Å²) >= 11 is 0. The fourth-order valence-corrected chi connectivity index (χ4v) is 9.49. The Balaban J connectivity index is 0.990. The Morgan fingerprint density at radius 3 is 1.57 bits per heavy atom. The Labute approximate surface area is 370 Å². The molecule has 302 valence electrons. The standard InChI is InChI=1S/C60H47N3/c1-5-17-44(18-6-1)46-31-35-52(36-32-46)61(50-23-9-3-10-24-50)54-27-15-21-48(41-54)49-22-16-28-55(42-49)62(51-25-11-4-12-26-51)56-39-40-58-57-29-13-14-30-59(57)63(60(58)43-56)53-37-33-47(34-38-53)45-19-7-2-8-20-45/h1-5,7-17,19-31,33-35,37-43H,6,18,32,36H2. The predicted octanol–water partition coefficient (Wildman–Crippen LogP) is 16.6. The van der Waals surface area contributed by atoms with Gasteiger partial charge >= 0.3 is 0 Å². The zero-order valence-electron chi connectivity index (χ0n) is 35.2. The second-order valence-corrected chi connectivity index (χ2v) is 16.4. The molecule has 3 heteroatoms. The third kappa shape index (κ3) is 7.49. The molecular weight excluding hydrogens is 763 g/mol. The first-order chi connectivity index (χ1) is 31.2. The lowest BCUT2D eigenvalue weighted by Gasteiger charge is -2.30. The summed E-state index contributed by atoms with van der Waals surface area (Å²) in [6.45, 7) is 0. The molecular formula is C60H47N3. The molecule has 0 saturated heterocycles. The van der Waals surface area contributed by atoms with E-state index in [9.17, 15) is 0 Å². The van der Waals surface area contributed by atoms with E-state index in [1.54, 1.807) is 0 Å². The molecule has 0 amide bonds. The Morgan fingerprint density at radius 2 is 0.905 bits per heavy atom. The maximum atomic E-state index is 2.44. The lowest BCUT2D eigenvalue weighted by atomic mass is 9.90. The monoisotopic (exact) mass is 809 g/mol. The van der Waals surface area contributed by atoms with E-state index in [4.69, 9.17) is 0 Å². The van der Waals surface area contributed by atoms with Gasteiger partial charge in [0.2, 0.25) is 0 Å². The normalized spacial score (nSPS) is 13.7. The molecule has 0 fully saturated rings. The number of rotatable bonds is 10. The molecule has 2 aliphatic rings.